The minimum Gasteiger partial charge on any atom is -0.477 e. The number of aromatic carboxylic acids is 1. The Hall–Kier alpha value is -1.43. The van der Waals surface area contributed by atoms with Gasteiger partial charge in [-0.05, 0) is 28.9 Å². The Bertz CT molecular complexity index is 521. The maximum atomic E-state index is 10.7. The second kappa shape index (κ2) is 3.06. The lowest BCUT2D eigenvalue weighted by Gasteiger charge is -1.94. The van der Waals surface area contributed by atoms with Gasteiger partial charge in [0.2, 0.25) is 0 Å². The average Bonchev–Trinajstić information content (AvgIpc) is 2.43. The van der Waals surface area contributed by atoms with Gasteiger partial charge in [0.25, 0.3) is 0 Å². The Labute approximate surface area is 87.5 Å². The van der Waals surface area contributed by atoms with Crippen molar-refractivity contribution >= 4 is 27.5 Å². The molecule has 0 saturated heterocycles. The van der Waals surface area contributed by atoms with E-state index in [1.54, 1.807) is 6.20 Å². The summed E-state index contributed by atoms with van der Waals surface area (Å²) in [6.07, 6.45) is 1.57. The monoisotopic (exact) mass is 255 g/mol. The number of rotatable bonds is 1. The van der Waals surface area contributed by atoms with E-state index in [0.717, 1.165) is 10.2 Å². The minimum atomic E-state index is -1.04. The van der Waals surface area contributed by atoms with Gasteiger partial charge in [0.15, 0.2) is 11.3 Å². The van der Waals surface area contributed by atoms with Crippen LogP contribution in [0.15, 0.2) is 16.7 Å². The predicted octanol–water partition coefficient (Wildman–Crippen LogP) is 1.50. The molecule has 6 heteroatoms. The molecule has 14 heavy (non-hydrogen) atoms. The van der Waals surface area contributed by atoms with Crippen molar-refractivity contribution in [3.63, 3.8) is 0 Å². The topological polar surface area (TPSA) is 67.5 Å². The first kappa shape index (κ1) is 9.14. The van der Waals surface area contributed by atoms with Gasteiger partial charge in [-0.1, -0.05) is 0 Å². The zero-order valence-corrected chi connectivity index (χ0v) is 8.82. The number of hydrogen-bond donors (Lipinski definition) is 1. The molecule has 2 aromatic rings. The quantitative estimate of drug-likeness (QED) is 0.839. The highest BCUT2D eigenvalue weighted by Gasteiger charge is 2.11. The number of carboxylic acids is 1. The number of halogens is 1. The van der Waals surface area contributed by atoms with Gasteiger partial charge < -0.3 is 5.11 Å². The summed E-state index contributed by atoms with van der Waals surface area (Å²) in [6.45, 7) is 1.82. The largest absolute Gasteiger partial charge is 0.477 e. The molecule has 1 N–H and O–H groups in total. The van der Waals surface area contributed by atoms with Gasteiger partial charge in [-0.25, -0.2) is 14.3 Å². The third kappa shape index (κ3) is 1.27. The molecular weight excluding hydrogens is 250 g/mol. The first-order valence-corrected chi connectivity index (χ1v) is 4.63. The van der Waals surface area contributed by atoms with Gasteiger partial charge in [0, 0.05) is 6.20 Å². The van der Waals surface area contributed by atoms with Crippen LogP contribution < -0.4 is 0 Å². The molecule has 0 aliphatic rings. The summed E-state index contributed by atoms with van der Waals surface area (Å²) in [6, 6.07) is 1.41. The van der Waals surface area contributed by atoms with Crippen molar-refractivity contribution in [3.8, 4) is 0 Å². The Balaban J connectivity index is 2.76. The number of fused-ring (bicyclic) bond motifs is 1. The molecule has 0 aromatic carbocycles. The van der Waals surface area contributed by atoms with Crippen molar-refractivity contribution in [2.45, 2.75) is 6.92 Å². The molecule has 0 atom stereocenters. The van der Waals surface area contributed by atoms with Crippen molar-refractivity contribution in [3.05, 3.63) is 28.1 Å². The van der Waals surface area contributed by atoms with Crippen LogP contribution in [0.4, 0.5) is 0 Å². The molecule has 0 saturated carbocycles. The SMILES string of the molecule is Cc1nn2ccc(C(=O)O)nc2c1Br. The molecule has 0 aliphatic heterocycles. The Morgan fingerprint density at radius 2 is 2.36 bits per heavy atom. The fraction of sp³-hybridized carbons (Fsp3) is 0.125. The molecule has 0 unspecified atom stereocenters. The number of nitrogens with zero attached hydrogens (tertiary/aromatic N) is 3. The van der Waals surface area contributed by atoms with Gasteiger partial charge >= 0.3 is 5.97 Å². The van der Waals surface area contributed by atoms with E-state index in [1.165, 1.54) is 10.6 Å². The van der Waals surface area contributed by atoms with Crippen LogP contribution in [0.5, 0.6) is 0 Å². The fourth-order valence-corrected chi connectivity index (χ4v) is 1.48. The smallest absolute Gasteiger partial charge is 0.354 e. The van der Waals surface area contributed by atoms with E-state index < -0.39 is 5.97 Å². The molecule has 0 spiro atoms. The van der Waals surface area contributed by atoms with Gasteiger partial charge in [-0.3, -0.25) is 0 Å². The molecule has 5 nitrogen and oxygen atoms in total. The van der Waals surface area contributed by atoms with E-state index in [0.29, 0.717) is 5.65 Å². The summed E-state index contributed by atoms with van der Waals surface area (Å²) >= 11 is 3.30. The summed E-state index contributed by atoms with van der Waals surface area (Å²) in [5.74, 6) is -1.04. The normalized spacial score (nSPS) is 10.7. The number of aryl methyl sites for hydroxylation is 1. The van der Waals surface area contributed by atoms with E-state index in [9.17, 15) is 4.79 Å². The number of carboxylic acid groups (broad SMARTS) is 1. The standard InChI is InChI=1S/C8H6BrN3O2/c1-4-6(9)7-10-5(8(13)14)2-3-12(7)11-4/h2-3H,1H3,(H,13,14). The molecule has 0 aliphatic carbocycles. The molecular formula is C8H6BrN3O2. The Morgan fingerprint density at radius 3 is 3.00 bits per heavy atom. The average molecular weight is 256 g/mol. The molecule has 2 heterocycles. The lowest BCUT2D eigenvalue weighted by atomic mass is 10.4. The first-order valence-electron chi connectivity index (χ1n) is 3.84. The van der Waals surface area contributed by atoms with Gasteiger partial charge in [-0.2, -0.15) is 5.10 Å². The highest BCUT2D eigenvalue weighted by atomic mass is 79.9. The van der Waals surface area contributed by atoms with Crippen molar-refractivity contribution < 1.29 is 9.90 Å². The van der Waals surface area contributed by atoms with Crippen molar-refractivity contribution in [2.75, 3.05) is 0 Å². The predicted molar refractivity (Wildman–Crippen MR) is 52.4 cm³/mol. The summed E-state index contributed by atoms with van der Waals surface area (Å²) in [4.78, 5) is 14.6. The molecule has 2 rings (SSSR count). The Morgan fingerprint density at radius 1 is 1.64 bits per heavy atom. The molecule has 72 valence electrons. The number of aromatic nitrogens is 3. The maximum absolute atomic E-state index is 10.7. The second-order valence-corrected chi connectivity index (χ2v) is 3.58. The minimum absolute atomic E-state index is 0.0121. The highest BCUT2D eigenvalue weighted by Crippen LogP contribution is 2.19. The zero-order valence-electron chi connectivity index (χ0n) is 7.23. The highest BCUT2D eigenvalue weighted by molar-refractivity contribution is 9.10. The van der Waals surface area contributed by atoms with Gasteiger partial charge in [0.05, 0.1) is 10.2 Å². The Kier molecular flexibility index (Phi) is 1.99. The summed E-state index contributed by atoms with van der Waals surface area (Å²) in [7, 11) is 0. The first-order chi connectivity index (χ1) is 6.59. The van der Waals surface area contributed by atoms with E-state index in [1.807, 2.05) is 6.92 Å². The van der Waals surface area contributed by atoms with Crippen LogP contribution in [0.2, 0.25) is 0 Å². The fourth-order valence-electron chi connectivity index (χ4n) is 1.13. The van der Waals surface area contributed by atoms with Crippen LogP contribution in [-0.2, 0) is 0 Å². The lowest BCUT2D eigenvalue weighted by molar-refractivity contribution is 0.0690. The van der Waals surface area contributed by atoms with Crippen LogP contribution in [0, 0.1) is 6.92 Å². The van der Waals surface area contributed by atoms with Crippen molar-refractivity contribution in [1.82, 2.24) is 14.6 Å². The maximum Gasteiger partial charge on any atom is 0.354 e. The van der Waals surface area contributed by atoms with Crippen LogP contribution in [0.3, 0.4) is 0 Å². The van der Waals surface area contributed by atoms with E-state index in [-0.39, 0.29) is 5.69 Å². The molecule has 2 aromatic heterocycles. The van der Waals surface area contributed by atoms with Crippen LogP contribution in [-0.4, -0.2) is 25.7 Å². The number of hydrogen-bond acceptors (Lipinski definition) is 3. The van der Waals surface area contributed by atoms with Crippen LogP contribution in [0.25, 0.3) is 5.65 Å². The third-order valence-corrected chi connectivity index (χ3v) is 2.74. The van der Waals surface area contributed by atoms with Gasteiger partial charge in [0.1, 0.15) is 0 Å². The summed E-state index contributed by atoms with van der Waals surface area (Å²) in [5, 5.41) is 12.9. The molecule has 0 amide bonds. The van der Waals surface area contributed by atoms with Crippen LogP contribution >= 0.6 is 15.9 Å². The van der Waals surface area contributed by atoms with Crippen molar-refractivity contribution in [1.29, 1.82) is 0 Å². The summed E-state index contributed by atoms with van der Waals surface area (Å²) in [5.41, 5.74) is 1.31. The summed E-state index contributed by atoms with van der Waals surface area (Å²) < 4.78 is 2.26. The number of carbonyl (C=O) groups is 1. The van der Waals surface area contributed by atoms with Gasteiger partial charge in [-0.15, -0.1) is 0 Å². The molecule has 0 bridgehead atoms. The molecule has 0 fully saturated rings. The van der Waals surface area contributed by atoms with Crippen molar-refractivity contribution in [2.24, 2.45) is 0 Å². The zero-order chi connectivity index (χ0) is 10.3. The van der Waals surface area contributed by atoms with E-state index in [4.69, 9.17) is 5.11 Å². The van der Waals surface area contributed by atoms with Crippen LogP contribution in [0.1, 0.15) is 16.2 Å². The van der Waals surface area contributed by atoms with E-state index >= 15 is 0 Å². The molecule has 0 radical (unpaired) electrons. The second-order valence-electron chi connectivity index (χ2n) is 2.79. The van der Waals surface area contributed by atoms with E-state index in [2.05, 4.69) is 26.0 Å². The lowest BCUT2D eigenvalue weighted by Crippen LogP contribution is -2.02. The third-order valence-electron chi connectivity index (χ3n) is 1.81.